The summed E-state index contributed by atoms with van der Waals surface area (Å²) in [5, 5.41) is 28.9. The Morgan fingerprint density at radius 3 is 2.35 bits per heavy atom. The number of nitrogens with one attached hydrogen (secondary N) is 1. The van der Waals surface area contributed by atoms with E-state index >= 15 is 0 Å². The van der Waals surface area contributed by atoms with E-state index in [0.29, 0.717) is 21.8 Å². The Morgan fingerprint density at radius 1 is 0.980 bits per heavy atom. The number of ketones is 1. The first-order valence-electron chi connectivity index (χ1n) is 15.3. The van der Waals surface area contributed by atoms with Crippen LogP contribution in [0, 0.1) is 10.1 Å². The van der Waals surface area contributed by atoms with E-state index in [4.69, 9.17) is 4.42 Å². The second-order valence-electron chi connectivity index (χ2n) is 11.9. The summed E-state index contributed by atoms with van der Waals surface area (Å²) < 4.78 is 5.05. The normalized spacial score (nSPS) is 15.9. The number of hydrogen-bond donors (Lipinski definition) is 2. The number of urea groups is 2. The maximum absolute atomic E-state index is 14.3. The number of carbonyl (C=O) groups is 3. The molecule has 1 fully saturated rings. The van der Waals surface area contributed by atoms with E-state index in [9.17, 15) is 29.7 Å². The topological polar surface area (TPSA) is 162 Å². The van der Waals surface area contributed by atoms with E-state index in [-0.39, 0.29) is 18.8 Å². The number of amides is 4. The Bertz CT molecular complexity index is 2130. The predicted molar refractivity (Wildman–Crippen MR) is 186 cm³/mol. The monoisotopic (exact) mass is 660 g/mol. The quantitative estimate of drug-likeness (QED) is 0.0698. The first-order chi connectivity index (χ1) is 23.6. The Balaban J connectivity index is 1.26. The number of hydrogen-bond acceptors (Lipinski definition) is 8. The summed E-state index contributed by atoms with van der Waals surface area (Å²) in [6, 6.07) is 27.0. The number of hydroxylamine groups is 2. The average molecular weight is 661 g/mol. The Hall–Kier alpha value is -6.34. The van der Waals surface area contributed by atoms with Crippen LogP contribution in [0.2, 0.25) is 0 Å². The molecule has 0 spiro atoms. The summed E-state index contributed by atoms with van der Waals surface area (Å²) in [6.45, 7) is 2.73. The second-order valence-corrected chi connectivity index (χ2v) is 11.9. The van der Waals surface area contributed by atoms with Crippen LogP contribution in [-0.4, -0.2) is 68.9 Å². The Morgan fingerprint density at radius 2 is 1.63 bits per heavy atom. The van der Waals surface area contributed by atoms with Crippen molar-refractivity contribution in [1.29, 1.82) is 0 Å². The van der Waals surface area contributed by atoms with Gasteiger partial charge in [0.25, 0.3) is 0 Å². The maximum atomic E-state index is 14.3. The fourth-order valence-corrected chi connectivity index (χ4v) is 6.00. The predicted octanol–water partition coefficient (Wildman–Crippen LogP) is 7.12. The van der Waals surface area contributed by atoms with Gasteiger partial charge in [-0.25, -0.2) is 9.59 Å². The van der Waals surface area contributed by atoms with Gasteiger partial charge in [-0.05, 0) is 55.0 Å². The van der Waals surface area contributed by atoms with Crippen molar-refractivity contribution >= 4 is 68.9 Å². The largest absolute Gasteiger partial charge is 0.433 e. The summed E-state index contributed by atoms with van der Waals surface area (Å²) in [4.78, 5) is 58.1. The molecular weight excluding hydrogens is 628 g/mol. The van der Waals surface area contributed by atoms with Gasteiger partial charge in [-0.15, -0.1) is 0 Å². The van der Waals surface area contributed by atoms with Gasteiger partial charge >= 0.3 is 17.9 Å². The standard InChI is InChI=1S/C36H32N6O7/c1-36(2)33(41(46)34(44)38-30-17-7-12-24-10-3-5-15-28(24)30)40(31-18-8-13-25-11-4-6-16-29(25)31)35(45)39(36)23-26(43)22-37-21-9-14-27-19-20-32(49-27)42(47)48/h3-21,33,46H,22-23H2,1-2H3,(H,38,44). The zero-order valence-electron chi connectivity index (χ0n) is 26.6. The van der Waals surface area contributed by atoms with Gasteiger partial charge in [-0.2, -0.15) is 5.06 Å². The van der Waals surface area contributed by atoms with Crippen molar-refractivity contribution in [3.8, 4) is 0 Å². The highest BCUT2D eigenvalue weighted by atomic mass is 16.6. The van der Waals surface area contributed by atoms with Crippen LogP contribution in [0.4, 0.5) is 26.8 Å². The molecule has 1 unspecified atom stereocenters. The van der Waals surface area contributed by atoms with E-state index in [0.717, 1.165) is 16.2 Å². The van der Waals surface area contributed by atoms with Crippen molar-refractivity contribution in [2.24, 2.45) is 4.99 Å². The molecule has 1 atom stereocenters. The number of furan rings is 1. The molecule has 13 nitrogen and oxygen atoms in total. The molecule has 4 aromatic carbocycles. The molecule has 5 aromatic rings. The molecule has 0 aliphatic carbocycles. The molecular formula is C36H32N6O7. The zero-order valence-corrected chi connectivity index (χ0v) is 26.6. The van der Waals surface area contributed by atoms with E-state index in [1.165, 1.54) is 40.3 Å². The number of anilines is 2. The van der Waals surface area contributed by atoms with Gasteiger partial charge in [0.2, 0.25) is 0 Å². The van der Waals surface area contributed by atoms with Crippen LogP contribution >= 0.6 is 0 Å². The lowest BCUT2D eigenvalue weighted by molar-refractivity contribution is -0.402. The highest BCUT2D eigenvalue weighted by molar-refractivity contribution is 6.07. The summed E-state index contributed by atoms with van der Waals surface area (Å²) in [5.74, 6) is -0.553. The molecule has 4 amide bonds. The van der Waals surface area contributed by atoms with Crippen LogP contribution in [-0.2, 0) is 4.79 Å². The maximum Gasteiger partial charge on any atom is 0.433 e. The van der Waals surface area contributed by atoms with Crippen molar-refractivity contribution in [3.63, 3.8) is 0 Å². The molecule has 0 saturated carbocycles. The minimum Gasteiger partial charge on any atom is -0.401 e. The second kappa shape index (κ2) is 13.4. The number of Topliss-reactive ketones (excluding diaryl/α,β-unsaturated/α-hetero) is 1. The molecule has 6 rings (SSSR count). The SMILES string of the molecule is CC1(C)C(N(O)C(=O)Nc2cccc3ccccc23)N(c2cccc3ccccc23)C(=O)N1CC(=O)CN=CC=Cc1ccc([N+](=O)[O-])o1. The van der Waals surface area contributed by atoms with Crippen LogP contribution in [0.3, 0.4) is 0 Å². The van der Waals surface area contributed by atoms with Gasteiger partial charge in [0.05, 0.1) is 36.1 Å². The van der Waals surface area contributed by atoms with Gasteiger partial charge in [-0.1, -0.05) is 72.8 Å². The highest BCUT2D eigenvalue weighted by Gasteiger charge is 2.56. The summed E-state index contributed by atoms with van der Waals surface area (Å²) >= 11 is 0. The summed E-state index contributed by atoms with van der Waals surface area (Å²) in [7, 11) is 0. The van der Waals surface area contributed by atoms with Crippen LogP contribution in [0.15, 0.2) is 113 Å². The van der Waals surface area contributed by atoms with E-state index in [2.05, 4.69) is 10.3 Å². The van der Waals surface area contributed by atoms with Crippen molar-refractivity contribution in [2.45, 2.75) is 25.6 Å². The first-order valence-corrected chi connectivity index (χ1v) is 15.3. The molecule has 13 heteroatoms. The van der Waals surface area contributed by atoms with Gasteiger partial charge < -0.3 is 14.6 Å². The molecule has 0 bridgehead atoms. The molecule has 1 saturated heterocycles. The van der Waals surface area contributed by atoms with Crippen molar-refractivity contribution in [3.05, 3.63) is 119 Å². The van der Waals surface area contributed by atoms with Crippen LogP contribution in [0.25, 0.3) is 27.6 Å². The van der Waals surface area contributed by atoms with Gasteiger partial charge in [0, 0.05) is 17.0 Å². The minimum absolute atomic E-state index is 0.242. The fourth-order valence-electron chi connectivity index (χ4n) is 6.00. The van der Waals surface area contributed by atoms with Gasteiger partial charge in [0.15, 0.2) is 11.9 Å². The molecule has 49 heavy (non-hydrogen) atoms. The third-order valence-electron chi connectivity index (χ3n) is 8.35. The van der Waals surface area contributed by atoms with Crippen molar-refractivity contribution in [2.75, 3.05) is 23.3 Å². The number of carbonyl (C=O) groups excluding carboxylic acids is 3. The first kappa shape index (κ1) is 32.6. The highest BCUT2D eigenvalue weighted by Crippen LogP contribution is 2.40. The van der Waals surface area contributed by atoms with Gasteiger partial charge in [0.1, 0.15) is 10.7 Å². The summed E-state index contributed by atoms with van der Waals surface area (Å²) in [5.41, 5.74) is -0.341. The molecule has 1 aliphatic rings. The van der Waals surface area contributed by atoms with E-state index in [1.807, 2.05) is 60.7 Å². The van der Waals surface area contributed by atoms with Crippen molar-refractivity contribution < 1.29 is 28.9 Å². The summed E-state index contributed by atoms with van der Waals surface area (Å²) in [6.07, 6.45) is 3.02. The lowest BCUT2D eigenvalue weighted by Gasteiger charge is -2.38. The number of rotatable bonds is 10. The van der Waals surface area contributed by atoms with Crippen LogP contribution < -0.4 is 10.2 Å². The van der Waals surface area contributed by atoms with E-state index in [1.54, 1.807) is 38.1 Å². The molecule has 2 heterocycles. The van der Waals surface area contributed by atoms with E-state index < -0.39 is 40.4 Å². The number of fused-ring (bicyclic) bond motifs is 2. The zero-order chi connectivity index (χ0) is 34.7. The average Bonchev–Trinajstić information content (AvgIpc) is 3.65. The lowest BCUT2D eigenvalue weighted by atomic mass is 9.99. The molecule has 0 radical (unpaired) electrons. The Kier molecular flexibility index (Phi) is 8.92. The molecule has 1 aliphatic heterocycles. The number of allylic oxidation sites excluding steroid dienone is 1. The van der Waals surface area contributed by atoms with Crippen LogP contribution in [0.1, 0.15) is 19.6 Å². The number of aliphatic imine (C=N–C) groups is 1. The minimum atomic E-state index is -1.27. The Labute approximate surface area is 280 Å². The number of nitrogens with zero attached hydrogens (tertiary/aromatic N) is 5. The smallest absolute Gasteiger partial charge is 0.401 e. The fraction of sp³-hybridized carbons (Fsp3) is 0.167. The van der Waals surface area contributed by atoms with Crippen LogP contribution in [0.5, 0.6) is 0 Å². The third kappa shape index (κ3) is 6.47. The molecule has 1 aromatic heterocycles. The number of nitro groups is 1. The van der Waals surface area contributed by atoms with Gasteiger partial charge in [-0.3, -0.25) is 30.0 Å². The lowest BCUT2D eigenvalue weighted by Crippen LogP contribution is -2.58. The molecule has 2 N–H and O–H groups in total. The number of benzene rings is 4. The third-order valence-corrected chi connectivity index (χ3v) is 8.35. The van der Waals surface area contributed by atoms with Crippen molar-refractivity contribution in [1.82, 2.24) is 9.96 Å². The molecule has 248 valence electrons.